The molecule has 16 heterocycles. The lowest BCUT2D eigenvalue weighted by molar-refractivity contribution is 0.0373. The predicted octanol–water partition coefficient (Wildman–Crippen LogP) is 15.8. The number of nitrogens with zero attached hydrogens (tertiary/aromatic N) is 12. The standard InChI is InChI=1S/2C23H26FN3O.C22H23ClFN3O.C22H23F2N3O/c1-15-9-18-19-13-26-8-4-6-17(26)11-21(19)27(22(18)20(24)10-15)14-23(2,28)16-5-3-7-25-12-16;1-15-10-18-19-13-26-9-3-4-17(26)12-21(19)27(22(18)20(24)11-15)14-23(2,28)16-5-7-25-8-6-16;2*1-22(28,14-4-2-6-25-11-14)13-27-20-10-16-5-3-7-26(16)12-18(20)17-8-15(23)9-19(24)21(17)27/h3,5,7,9-10,12,17,28H,4,6,8,11,13-14H2,1-2H3;5-8,10-11,17,28H,3-4,9,12-14H2,1-2H3;2*2,4,6,8-9,11,16,28H,3,5,7,10,12-13H2,1H3. The van der Waals surface area contributed by atoms with Crippen molar-refractivity contribution in [3.05, 3.63) is 259 Å². The second-order valence-corrected chi connectivity index (χ2v) is 34.3. The molecule has 0 aliphatic carbocycles. The van der Waals surface area contributed by atoms with Crippen LogP contribution in [0.15, 0.2) is 147 Å². The molecule has 8 unspecified atom stereocenters. The first-order chi connectivity index (χ1) is 53.7. The highest BCUT2D eigenvalue weighted by Gasteiger charge is 2.42. The zero-order valence-electron chi connectivity index (χ0n) is 64.6. The van der Waals surface area contributed by atoms with E-state index in [1.54, 1.807) is 95.5 Å². The molecule has 12 aromatic rings. The van der Waals surface area contributed by atoms with Crippen LogP contribution in [-0.2, 0) is 100 Å². The summed E-state index contributed by atoms with van der Waals surface area (Å²) in [5.74, 6) is -1.88. The highest BCUT2D eigenvalue weighted by molar-refractivity contribution is 6.31. The Morgan fingerprint density at radius 1 is 0.375 bits per heavy atom. The summed E-state index contributed by atoms with van der Waals surface area (Å²) in [7, 11) is 0. The summed E-state index contributed by atoms with van der Waals surface area (Å²) < 4.78 is 82.2. The Bertz CT molecular complexity index is 4860. The Kier molecular flexibility index (Phi) is 20.3. The third-order valence-corrected chi connectivity index (χ3v) is 25.9. The molecule has 584 valence electrons. The van der Waals surface area contributed by atoms with E-state index in [2.05, 4.69) is 56.2 Å². The van der Waals surface area contributed by atoms with Crippen LogP contribution in [0.4, 0.5) is 22.0 Å². The number of halogens is 6. The number of hydrogen-bond donors (Lipinski definition) is 4. The Morgan fingerprint density at radius 3 is 1.01 bits per heavy atom. The molecule has 4 saturated heterocycles. The van der Waals surface area contributed by atoms with E-state index in [-0.39, 0.29) is 30.5 Å². The maximum atomic E-state index is 15.1. The summed E-state index contributed by atoms with van der Waals surface area (Å²) >= 11 is 6.20. The fourth-order valence-electron chi connectivity index (χ4n) is 20.2. The van der Waals surface area contributed by atoms with E-state index in [9.17, 15) is 29.2 Å². The molecule has 8 atom stereocenters. The summed E-state index contributed by atoms with van der Waals surface area (Å²) in [6, 6.07) is 29.6. The van der Waals surface area contributed by atoms with E-state index in [1.807, 2.05) is 76.1 Å². The van der Waals surface area contributed by atoms with Crippen LogP contribution in [-0.4, -0.2) is 129 Å². The van der Waals surface area contributed by atoms with Gasteiger partial charge in [-0.25, -0.2) is 22.0 Å². The van der Waals surface area contributed by atoms with Crippen molar-refractivity contribution in [2.45, 2.75) is 218 Å². The summed E-state index contributed by atoms with van der Waals surface area (Å²) in [6.45, 7) is 19.7. The maximum Gasteiger partial charge on any atom is 0.150 e. The number of aromatic nitrogens is 8. The van der Waals surface area contributed by atoms with E-state index < -0.39 is 34.0 Å². The number of benzene rings is 4. The lowest BCUT2D eigenvalue weighted by Gasteiger charge is -2.32. The summed E-state index contributed by atoms with van der Waals surface area (Å²) in [6.07, 6.45) is 26.4. The minimum Gasteiger partial charge on any atom is -0.384 e. The molecule has 8 aliphatic heterocycles. The van der Waals surface area contributed by atoms with Gasteiger partial charge in [-0.05, 0) is 231 Å². The molecule has 4 N–H and O–H groups in total. The molecule has 20 rings (SSSR count). The van der Waals surface area contributed by atoms with Crippen LogP contribution in [0.3, 0.4) is 0 Å². The highest BCUT2D eigenvalue weighted by Crippen LogP contribution is 2.46. The van der Waals surface area contributed by atoms with Crippen molar-refractivity contribution >= 4 is 55.2 Å². The van der Waals surface area contributed by atoms with Gasteiger partial charge in [0.05, 0.1) is 48.2 Å². The van der Waals surface area contributed by atoms with Crippen LogP contribution in [0.25, 0.3) is 43.6 Å². The molecule has 8 aliphatic rings. The van der Waals surface area contributed by atoms with Gasteiger partial charge in [0.15, 0.2) is 0 Å². The van der Waals surface area contributed by atoms with Crippen LogP contribution >= 0.6 is 11.6 Å². The minimum absolute atomic E-state index is 0.194. The number of hydrogen-bond acceptors (Lipinski definition) is 12. The fourth-order valence-corrected chi connectivity index (χ4v) is 20.4. The minimum atomic E-state index is -1.22. The largest absolute Gasteiger partial charge is 0.384 e. The number of aliphatic hydroxyl groups is 4. The topological polar surface area (TPSA) is 165 Å². The third kappa shape index (κ3) is 14.3. The van der Waals surface area contributed by atoms with Crippen molar-refractivity contribution in [2.75, 3.05) is 26.2 Å². The van der Waals surface area contributed by atoms with Gasteiger partial charge in [-0.2, -0.15) is 0 Å². The number of aryl methyl sites for hydroxylation is 2. The average Bonchev–Trinajstić information content (AvgIpc) is 1.60. The molecule has 8 aromatic heterocycles. The van der Waals surface area contributed by atoms with Crippen LogP contribution < -0.4 is 0 Å². The van der Waals surface area contributed by atoms with E-state index in [1.165, 1.54) is 73.2 Å². The SMILES string of the molecule is CC(O)(Cn1c2c(c3cc(Cl)cc(F)c31)CN1CCCC1C2)c1cccnc1.CC(O)(Cn1c2c(c3cc(F)cc(F)c31)CN1CCCC1C2)c1cccnc1.Cc1cc(F)c2c(c1)c1c(n2CC(C)(O)c2cccnc2)CC2CCCN2C1.Cc1cc(F)c2c(c1)c1c(n2CC(C)(O)c2ccncc2)CC2CCCN2C1. The number of rotatable bonds is 12. The van der Waals surface area contributed by atoms with E-state index in [0.29, 0.717) is 81.8 Å². The first-order valence-corrected chi connectivity index (χ1v) is 40.2. The van der Waals surface area contributed by atoms with Gasteiger partial charge in [-0.3, -0.25) is 39.5 Å². The molecule has 112 heavy (non-hydrogen) atoms. The molecule has 0 saturated carbocycles. The van der Waals surface area contributed by atoms with Gasteiger partial charge in [0, 0.05) is 198 Å². The molecular formula is C90H98ClF5N12O4. The molecule has 4 aromatic carbocycles. The monoisotopic (exact) mass is 1540 g/mol. The normalized spacial score (nSPS) is 21.5. The second-order valence-electron chi connectivity index (χ2n) is 33.8. The van der Waals surface area contributed by atoms with E-state index >= 15 is 13.2 Å². The van der Waals surface area contributed by atoms with Crippen molar-refractivity contribution in [1.82, 2.24) is 57.8 Å². The molecule has 0 spiro atoms. The number of pyridine rings is 4. The molecule has 22 heteroatoms. The van der Waals surface area contributed by atoms with Crippen molar-refractivity contribution in [3.63, 3.8) is 0 Å². The van der Waals surface area contributed by atoms with E-state index in [0.717, 1.165) is 157 Å². The molecular weight excluding hydrogens is 1440 g/mol. The van der Waals surface area contributed by atoms with Gasteiger partial charge in [0.1, 0.15) is 51.5 Å². The summed E-state index contributed by atoms with van der Waals surface area (Å²) in [4.78, 5) is 26.4. The highest BCUT2D eigenvalue weighted by atomic mass is 35.5. The molecule has 16 nitrogen and oxygen atoms in total. The predicted molar refractivity (Wildman–Crippen MR) is 426 cm³/mol. The lowest BCUT2D eigenvalue weighted by Crippen LogP contribution is -2.37. The zero-order valence-corrected chi connectivity index (χ0v) is 65.3. The Balaban J connectivity index is 0.000000108. The van der Waals surface area contributed by atoms with Gasteiger partial charge in [-0.15, -0.1) is 0 Å². The summed E-state index contributed by atoms with van der Waals surface area (Å²) in [5.41, 5.74) is 11.5. The van der Waals surface area contributed by atoms with Crippen LogP contribution in [0.5, 0.6) is 0 Å². The molecule has 0 amide bonds. The molecule has 0 bridgehead atoms. The second kappa shape index (κ2) is 29.9. The van der Waals surface area contributed by atoms with Gasteiger partial charge in [0.25, 0.3) is 0 Å². The zero-order chi connectivity index (χ0) is 77.9. The number of fused-ring (bicyclic) bond motifs is 16. The smallest absolute Gasteiger partial charge is 0.150 e. The van der Waals surface area contributed by atoms with Gasteiger partial charge >= 0.3 is 0 Å². The Hall–Kier alpha value is -8.74. The third-order valence-electron chi connectivity index (χ3n) is 25.7. The van der Waals surface area contributed by atoms with E-state index in [4.69, 9.17) is 11.6 Å². The van der Waals surface area contributed by atoms with Crippen LogP contribution in [0, 0.1) is 42.9 Å². The lowest BCUT2D eigenvalue weighted by atomic mass is 9.96. The quantitative estimate of drug-likeness (QED) is 0.0857. The van der Waals surface area contributed by atoms with Crippen molar-refractivity contribution in [2.24, 2.45) is 0 Å². The Morgan fingerprint density at radius 2 is 0.679 bits per heavy atom. The van der Waals surface area contributed by atoms with Gasteiger partial charge in [0.2, 0.25) is 0 Å². The summed E-state index contributed by atoms with van der Waals surface area (Å²) in [5, 5.41) is 48.8. The van der Waals surface area contributed by atoms with Crippen LogP contribution in [0.2, 0.25) is 5.02 Å². The Labute approximate surface area is 654 Å². The van der Waals surface area contributed by atoms with Crippen molar-refractivity contribution in [3.8, 4) is 0 Å². The van der Waals surface area contributed by atoms with Crippen molar-refractivity contribution < 1.29 is 42.4 Å². The van der Waals surface area contributed by atoms with Crippen LogP contribution in [0.1, 0.15) is 157 Å². The van der Waals surface area contributed by atoms with Crippen molar-refractivity contribution in [1.29, 1.82) is 0 Å². The first kappa shape index (κ1) is 75.9. The van der Waals surface area contributed by atoms with Gasteiger partial charge in [-0.1, -0.05) is 29.8 Å². The fraction of sp³-hybridized carbons (Fsp3) is 0.422. The van der Waals surface area contributed by atoms with Gasteiger partial charge < -0.3 is 38.7 Å². The average molecular weight is 1540 g/mol. The first-order valence-electron chi connectivity index (χ1n) is 39.8. The molecule has 0 radical (unpaired) electrons. The maximum absolute atomic E-state index is 15.1. The molecule has 4 fully saturated rings.